The van der Waals surface area contributed by atoms with E-state index in [9.17, 15) is 4.79 Å². The predicted octanol–water partition coefficient (Wildman–Crippen LogP) is 1.99. The monoisotopic (exact) mass is 278 g/mol. The largest absolute Gasteiger partial charge is 0.484 e. The molecule has 110 valence electrons. The maximum Gasteiger partial charge on any atom is 0.303 e. The van der Waals surface area contributed by atoms with Gasteiger partial charge in [-0.3, -0.25) is 4.79 Å². The van der Waals surface area contributed by atoms with Crippen LogP contribution < -0.4 is 15.4 Å². The molecule has 0 spiro atoms. The fourth-order valence-electron chi connectivity index (χ4n) is 2.52. The topological polar surface area (TPSA) is 75.8 Å². The van der Waals surface area contributed by atoms with Crippen molar-refractivity contribution in [1.29, 1.82) is 0 Å². The Balaban J connectivity index is 2.19. The van der Waals surface area contributed by atoms with Gasteiger partial charge in [0, 0.05) is 19.5 Å². The third-order valence-electron chi connectivity index (χ3n) is 3.38. The average molecular weight is 278 g/mol. The van der Waals surface area contributed by atoms with Crippen LogP contribution in [0.15, 0.2) is 18.2 Å². The molecular formula is C15H22N2O3. The maximum absolute atomic E-state index is 10.6. The number of nitrogens with zero attached hydrogens (tertiary/aromatic N) is 1. The van der Waals surface area contributed by atoms with E-state index in [-0.39, 0.29) is 12.0 Å². The van der Waals surface area contributed by atoms with Gasteiger partial charge in [-0.2, -0.15) is 0 Å². The van der Waals surface area contributed by atoms with E-state index in [4.69, 9.17) is 15.6 Å². The second-order valence-corrected chi connectivity index (χ2v) is 5.79. The van der Waals surface area contributed by atoms with Crippen LogP contribution in [0.1, 0.15) is 32.3 Å². The van der Waals surface area contributed by atoms with Crippen molar-refractivity contribution in [2.24, 2.45) is 5.73 Å². The van der Waals surface area contributed by atoms with Crippen molar-refractivity contribution in [3.63, 3.8) is 0 Å². The summed E-state index contributed by atoms with van der Waals surface area (Å²) >= 11 is 0. The van der Waals surface area contributed by atoms with Crippen molar-refractivity contribution < 1.29 is 14.6 Å². The first-order valence-electron chi connectivity index (χ1n) is 6.90. The van der Waals surface area contributed by atoms with Crippen LogP contribution in [0.2, 0.25) is 0 Å². The molecule has 0 aromatic heterocycles. The van der Waals surface area contributed by atoms with Gasteiger partial charge in [0.25, 0.3) is 0 Å². The van der Waals surface area contributed by atoms with Crippen molar-refractivity contribution >= 4 is 11.7 Å². The van der Waals surface area contributed by atoms with E-state index in [0.717, 1.165) is 23.5 Å². The quantitative estimate of drug-likeness (QED) is 0.861. The molecule has 3 N–H and O–H groups in total. The molecule has 5 nitrogen and oxygen atoms in total. The first kappa shape index (κ1) is 14.7. The van der Waals surface area contributed by atoms with Crippen molar-refractivity contribution in [2.45, 2.75) is 38.8 Å². The Kier molecular flexibility index (Phi) is 4.18. The van der Waals surface area contributed by atoms with E-state index in [2.05, 4.69) is 4.90 Å². The summed E-state index contributed by atoms with van der Waals surface area (Å²) in [6.07, 6.45) is 0.817. The van der Waals surface area contributed by atoms with Crippen LogP contribution in [0.25, 0.3) is 0 Å². The second-order valence-electron chi connectivity index (χ2n) is 5.79. The fourth-order valence-corrected chi connectivity index (χ4v) is 2.52. The zero-order valence-corrected chi connectivity index (χ0v) is 12.1. The zero-order valence-electron chi connectivity index (χ0n) is 12.1. The summed E-state index contributed by atoms with van der Waals surface area (Å²) in [4.78, 5) is 12.8. The fraction of sp³-hybridized carbons (Fsp3) is 0.533. The van der Waals surface area contributed by atoms with Gasteiger partial charge >= 0.3 is 5.97 Å². The molecule has 1 heterocycles. The Hall–Kier alpha value is -1.75. The lowest BCUT2D eigenvalue weighted by molar-refractivity contribution is -0.137. The molecular weight excluding hydrogens is 256 g/mol. The van der Waals surface area contributed by atoms with Gasteiger partial charge in [-0.25, -0.2) is 0 Å². The molecule has 5 heteroatoms. The van der Waals surface area contributed by atoms with Crippen molar-refractivity contribution in [3.8, 4) is 5.75 Å². The number of hydrogen-bond donors (Lipinski definition) is 2. The molecule has 1 aromatic carbocycles. The third-order valence-corrected chi connectivity index (χ3v) is 3.38. The number of benzene rings is 1. The summed E-state index contributed by atoms with van der Waals surface area (Å²) in [7, 11) is 0. The molecule has 1 aromatic rings. The number of hydrogen-bond acceptors (Lipinski definition) is 4. The van der Waals surface area contributed by atoms with Gasteiger partial charge in [-0.15, -0.1) is 0 Å². The van der Waals surface area contributed by atoms with Crippen LogP contribution in [0.3, 0.4) is 0 Å². The van der Waals surface area contributed by atoms with E-state index in [1.807, 2.05) is 32.0 Å². The van der Waals surface area contributed by atoms with Crippen LogP contribution in [0.5, 0.6) is 5.75 Å². The third kappa shape index (κ3) is 3.42. The van der Waals surface area contributed by atoms with Crippen LogP contribution in [0, 0.1) is 0 Å². The van der Waals surface area contributed by atoms with Crippen molar-refractivity contribution in [2.75, 3.05) is 18.0 Å². The van der Waals surface area contributed by atoms with E-state index < -0.39 is 5.97 Å². The minimum atomic E-state index is -0.753. The summed E-state index contributed by atoms with van der Waals surface area (Å²) in [5.41, 5.74) is 7.43. The average Bonchev–Trinajstić information content (AvgIpc) is 2.36. The van der Waals surface area contributed by atoms with Gasteiger partial charge in [0.05, 0.1) is 12.2 Å². The molecule has 0 aliphatic carbocycles. The van der Waals surface area contributed by atoms with Gasteiger partial charge < -0.3 is 20.5 Å². The number of carboxylic acid groups (broad SMARTS) is 1. The number of anilines is 1. The van der Waals surface area contributed by atoms with Gasteiger partial charge in [-0.1, -0.05) is 6.07 Å². The number of carbonyl (C=O) groups is 1. The van der Waals surface area contributed by atoms with Gasteiger partial charge in [0.2, 0.25) is 0 Å². The molecule has 20 heavy (non-hydrogen) atoms. The Morgan fingerprint density at radius 2 is 2.25 bits per heavy atom. The van der Waals surface area contributed by atoms with Crippen molar-refractivity contribution in [3.05, 3.63) is 23.8 Å². The van der Waals surface area contributed by atoms with Crippen LogP contribution >= 0.6 is 0 Å². The summed E-state index contributed by atoms with van der Waals surface area (Å²) in [6.45, 7) is 6.02. The molecule has 0 radical (unpaired) electrons. The minimum Gasteiger partial charge on any atom is -0.484 e. The molecule has 2 rings (SSSR count). The highest BCUT2D eigenvalue weighted by Gasteiger charge is 2.31. The highest BCUT2D eigenvalue weighted by Crippen LogP contribution is 2.37. The highest BCUT2D eigenvalue weighted by molar-refractivity contribution is 5.67. The summed E-state index contributed by atoms with van der Waals surface area (Å²) in [5, 5.41) is 8.75. The number of nitrogens with two attached hydrogens (primary N) is 1. The van der Waals surface area contributed by atoms with E-state index >= 15 is 0 Å². The highest BCUT2D eigenvalue weighted by atomic mass is 16.5. The molecule has 0 unspecified atom stereocenters. The Morgan fingerprint density at radius 1 is 1.50 bits per heavy atom. The van der Waals surface area contributed by atoms with Crippen LogP contribution in [0.4, 0.5) is 5.69 Å². The second kappa shape index (κ2) is 5.71. The number of ether oxygens (including phenoxy) is 1. The number of aliphatic carboxylic acids is 1. The van der Waals surface area contributed by atoms with Gasteiger partial charge in [-0.05, 0) is 38.0 Å². The Labute approximate surface area is 119 Å². The number of fused-ring (bicyclic) bond motifs is 1. The molecule has 0 fully saturated rings. The molecule has 1 aliphatic heterocycles. The molecule has 0 saturated carbocycles. The summed E-state index contributed by atoms with van der Waals surface area (Å²) < 4.78 is 6.01. The first-order valence-corrected chi connectivity index (χ1v) is 6.90. The molecule has 0 atom stereocenters. The molecule has 0 bridgehead atoms. The summed E-state index contributed by atoms with van der Waals surface area (Å²) in [6, 6.07) is 5.97. The SMILES string of the molecule is CC1(C)CN(CCCC(=O)O)c2ccc(CN)cc2O1. The van der Waals surface area contributed by atoms with Crippen LogP contribution in [-0.2, 0) is 11.3 Å². The van der Waals surface area contributed by atoms with E-state index in [1.165, 1.54) is 0 Å². The van der Waals surface area contributed by atoms with Crippen molar-refractivity contribution in [1.82, 2.24) is 0 Å². The zero-order chi connectivity index (χ0) is 14.8. The Bertz CT molecular complexity index is 500. The Morgan fingerprint density at radius 3 is 2.90 bits per heavy atom. The minimum absolute atomic E-state index is 0.188. The lowest BCUT2D eigenvalue weighted by atomic mass is 10.0. The predicted molar refractivity (Wildman–Crippen MR) is 78.1 cm³/mol. The van der Waals surface area contributed by atoms with Gasteiger partial charge in [0.15, 0.2) is 0 Å². The standard InChI is InChI=1S/C15H22N2O3/c1-15(2)10-17(7-3-4-14(18)19)12-6-5-11(9-16)8-13(12)20-15/h5-6,8H,3-4,7,9-10,16H2,1-2H3,(H,18,19). The molecule has 1 aliphatic rings. The maximum atomic E-state index is 10.6. The first-order chi connectivity index (χ1) is 9.41. The summed E-state index contributed by atoms with van der Waals surface area (Å²) in [5.74, 6) is 0.0794. The molecule has 0 saturated heterocycles. The lowest BCUT2D eigenvalue weighted by Crippen LogP contribution is -2.47. The van der Waals surface area contributed by atoms with E-state index in [1.54, 1.807) is 0 Å². The number of carboxylic acids is 1. The van der Waals surface area contributed by atoms with E-state index in [0.29, 0.717) is 19.5 Å². The smallest absolute Gasteiger partial charge is 0.303 e. The number of rotatable bonds is 5. The molecule has 0 amide bonds. The normalized spacial score (nSPS) is 16.4. The van der Waals surface area contributed by atoms with Gasteiger partial charge in [0.1, 0.15) is 11.4 Å². The van der Waals surface area contributed by atoms with Crippen LogP contribution in [-0.4, -0.2) is 29.8 Å². The lowest BCUT2D eigenvalue weighted by Gasteiger charge is -2.41.